The summed E-state index contributed by atoms with van der Waals surface area (Å²) in [7, 11) is 3.44. The molecule has 0 saturated carbocycles. The topological polar surface area (TPSA) is 106 Å². The maximum Gasteiger partial charge on any atom is 0.226 e. The van der Waals surface area contributed by atoms with E-state index in [1.54, 1.807) is 6.92 Å². The lowest BCUT2D eigenvalue weighted by Crippen LogP contribution is -2.78. The Kier molecular flexibility index (Phi) is 4.08. The number of fused-ring (bicyclic) bond motifs is 5. The van der Waals surface area contributed by atoms with Gasteiger partial charge in [0.05, 0.1) is 38.5 Å². The maximum atomic E-state index is 13.6. The van der Waals surface area contributed by atoms with E-state index in [0.29, 0.717) is 29.9 Å². The van der Waals surface area contributed by atoms with Gasteiger partial charge in [0.2, 0.25) is 5.78 Å². The van der Waals surface area contributed by atoms with E-state index in [4.69, 9.17) is 9.47 Å². The van der Waals surface area contributed by atoms with Crippen molar-refractivity contribution in [2.45, 2.75) is 55.8 Å². The van der Waals surface area contributed by atoms with Crippen molar-refractivity contribution >= 4 is 11.6 Å². The van der Waals surface area contributed by atoms with Gasteiger partial charge in [-0.15, -0.1) is 0 Å². The zero-order valence-electron chi connectivity index (χ0n) is 17.8. The molecule has 1 aliphatic carbocycles. The molecule has 164 valence electrons. The van der Waals surface area contributed by atoms with E-state index in [-0.39, 0.29) is 60.2 Å². The van der Waals surface area contributed by atoms with E-state index in [0.717, 1.165) is 6.42 Å². The van der Waals surface area contributed by atoms with Gasteiger partial charge in [-0.25, -0.2) is 0 Å². The Bertz CT molecular complexity index is 998. The molecule has 5 aliphatic heterocycles. The third kappa shape index (κ3) is 2.12. The number of rotatable bonds is 2. The number of methoxy groups -OCH3 is 1. The lowest BCUT2D eigenvalue weighted by molar-refractivity contribution is -0.145. The summed E-state index contributed by atoms with van der Waals surface area (Å²) in [6, 6.07) is 0.854. The molecule has 6 aliphatic rings. The summed E-state index contributed by atoms with van der Waals surface area (Å²) in [6.45, 7) is 2.56. The smallest absolute Gasteiger partial charge is 0.226 e. The van der Waals surface area contributed by atoms with Crippen LogP contribution in [-0.2, 0) is 19.1 Å². The van der Waals surface area contributed by atoms with E-state index in [1.165, 1.54) is 7.11 Å². The Morgan fingerprint density at radius 3 is 2.71 bits per heavy atom. The number of carbonyl (C=O) groups is 2. The van der Waals surface area contributed by atoms with Crippen LogP contribution in [0.5, 0.6) is 0 Å². The highest BCUT2D eigenvalue weighted by Gasteiger charge is 2.68. The molecule has 4 fully saturated rings. The number of nitrogens with zero attached hydrogens (tertiary/aromatic N) is 4. The van der Waals surface area contributed by atoms with Crippen LogP contribution < -0.4 is 0 Å². The number of likely N-dealkylation sites (N-methyl/N-ethyl adjacent to an activating group) is 1. The molecule has 0 unspecified atom stereocenters. The highest BCUT2D eigenvalue weighted by molar-refractivity contribution is 6.25. The molecule has 31 heavy (non-hydrogen) atoms. The minimum atomic E-state index is -0.701. The quantitative estimate of drug-likeness (QED) is 0.559. The van der Waals surface area contributed by atoms with Crippen molar-refractivity contribution in [3.8, 4) is 6.07 Å². The van der Waals surface area contributed by atoms with E-state index in [2.05, 4.69) is 22.9 Å². The normalized spacial score (nSPS) is 44.5. The van der Waals surface area contributed by atoms with E-state index >= 15 is 0 Å². The fourth-order valence-corrected chi connectivity index (χ4v) is 7.45. The summed E-state index contributed by atoms with van der Waals surface area (Å²) >= 11 is 0. The molecular weight excluding hydrogens is 400 g/mol. The summed E-state index contributed by atoms with van der Waals surface area (Å²) in [6.07, 6.45) is 0.694. The van der Waals surface area contributed by atoms with Gasteiger partial charge in [-0.05, 0) is 20.4 Å². The summed E-state index contributed by atoms with van der Waals surface area (Å²) in [5.41, 5.74) is 1.07. The zero-order chi connectivity index (χ0) is 21.8. The molecule has 6 rings (SSSR count). The summed E-state index contributed by atoms with van der Waals surface area (Å²) in [4.78, 5) is 33.7. The number of Topliss-reactive ketones (excluding diaryl/α,β-unsaturated/α-hetero) is 2. The van der Waals surface area contributed by atoms with Crippen LogP contribution >= 0.6 is 0 Å². The number of allylic oxidation sites excluding steroid dienone is 2. The molecule has 9 heteroatoms. The molecule has 4 saturated heterocycles. The average molecular weight is 426 g/mol. The first-order chi connectivity index (χ1) is 15.0. The first-order valence-corrected chi connectivity index (χ1v) is 10.9. The van der Waals surface area contributed by atoms with Crippen LogP contribution in [0.4, 0.5) is 0 Å². The Labute approximate surface area is 180 Å². The van der Waals surface area contributed by atoms with Gasteiger partial charge in [-0.1, -0.05) is 0 Å². The van der Waals surface area contributed by atoms with Crippen LogP contribution in [0.1, 0.15) is 13.3 Å². The molecule has 0 aromatic heterocycles. The van der Waals surface area contributed by atoms with E-state index < -0.39 is 12.1 Å². The predicted octanol–water partition coefficient (Wildman–Crippen LogP) is -0.965. The fraction of sp³-hybridized carbons (Fsp3) is 0.682. The number of hydrogen-bond donors (Lipinski definition) is 1. The largest absolute Gasteiger partial charge is 0.492 e. The van der Waals surface area contributed by atoms with Gasteiger partial charge in [-0.3, -0.25) is 24.3 Å². The average Bonchev–Trinajstić information content (AvgIpc) is 3.34. The van der Waals surface area contributed by atoms with Crippen molar-refractivity contribution in [1.82, 2.24) is 14.7 Å². The Morgan fingerprint density at radius 1 is 1.26 bits per heavy atom. The summed E-state index contributed by atoms with van der Waals surface area (Å²) < 4.78 is 11.5. The zero-order valence-corrected chi connectivity index (χ0v) is 17.8. The predicted molar refractivity (Wildman–Crippen MR) is 106 cm³/mol. The molecule has 0 radical (unpaired) electrons. The van der Waals surface area contributed by atoms with E-state index in [9.17, 15) is 20.0 Å². The van der Waals surface area contributed by atoms with Crippen molar-refractivity contribution in [1.29, 1.82) is 5.26 Å². The van der Waals surface area contributed by atoms with Gasteiger partial charge in [0.25, 0.3) is 0 Å². The molecule has 0 spiro atoms. The number of nitriles is 1. The molecule has 9 nitrogen and oxygen atoms in total. The van der Waals surface area contributed by atoms with Crippen LogP contribution in [0.25, 0.3) is 0 Å². The minimum Gasteiger partial charge on any atom is -0.492 e. The summed E-state index contributed by atoms with van der Waals surface area (Å²) in [5.74, 6) is -0.292. The lowest BCUT2D eigenvalue weighted by atomic mass is 9.69. The monoisotopic (exact) mass is 426 g/mol. The summed E-state index contributed by atoms with van der Waals surface area (Å²) in [5, 5.41) is 20.7. The molecule has 8 atom stereocenters. The second-order valence-corrected chi connectivity index (χ2v) is 9.42. The van der Waals surface area contributed by atoms with Gasteiger partial charge in [0.1, 0.15) is 12.3 Å². The second-order valence-electron chi connectivity index (χ2n) is 9.42. The number of ether oxygens (including phenoxy) is 2. The van der Waals surface area contributed by atoms with Crippen LogP contribution in [0, 0.1) is 17.2 Å². The third-order valence-corrected chi connectivity index (χ3v) is 8.50. The molecule has 0 amide bonds. The lowest BCUT2D eigenvalue weighted by Gasteiger charge is -2.61. The number of aliphatic hydroxyl groups is 1. The van der Waals surface area contributed by atoms with Crippen molar-refractivity contribution in [2.75, 3.05) is 33.9 Å². The fourth-order valence-electron chi connectivity index (χ4n) is 7.45. The van der Waals surface area contributed by atoms with Crippen molar-refractivity contribution in [3.05, 3.63) is 22.5 Å². The molecule has 2 bridgehead atoms. The van der Waals surface area contributed by atoms with Crippen LogP contribution in [-0.4, -0.2) is 108 Å². The van der Waals surface area contributed by atoms with Crippen LogP contribution in [0.3, 0.4) is 0 Å². The van der Waals surface area contributed by atoms with Gasteiger partial charge in [-0.2, -0.15) is 5.26 Å². The molecular formula is C22H26N4O5. The van der Waals surface area contributed by atoms with Crippen molar-refractivity contribution in [3.63, 3.8) is 0 Å². The van der Waals surface area contributed by atoms with Gasteiger partial charge in [0, 0.05) is 47.3 Å². The standard InChI is InChI=1S/C22H26N4O5/c1-9-19(28)15-14(20(29)21(9)30-3)13(8-27)26-12(7-23)11-6-10-16(24(11)2)18(26)17(15)25-4-5-31-22(10)25/h10-13,16-18,22,27H,4-6,8H2,1-3H3/t10-,11-,12+,13-,16-,17-,18-,22-/m1/s1. The molecule has 5 heterocycles. The Morgan fingerprint density at radius 2 is 2.03 bits per heavy atom. The van der Waals surface area contributed by atoms with Crippen LogP contribution in [0.15, 0.2) is 22.5 Å². The van der Waals surface area contributed by atoms with Crippen LogP contribution in [0.2, 0.25) is 0 Å². The maximum absolute atomic E-state index is 13.6. The Hall–Kier alpha value is -2.09. The van der Waals surface area contributed by atoms with Crippen molar-refractivity contribution < 1.29 is 24.2 Å². The van der Waals surface area contributed by atoms with Gasteiger partial charge in [0.15, 0.2) is 11.5 Å². The SMILES string of the molecule is COC1=C(C)C(=O)C2=C(C1=O)[C@@H](CO)N1[C@@H]3[C@H]4[C@@H](C[C@H]([C@@H]1C#N)N4C)[C@H]1OCCN1[C@H]23. The second kappa shape index (κ2) is 6.47. The first kappa shape index (κ1) is 19.6. The number of hydrogen-bond acceptors (Lipinski definition) is 9. The van der Waals surface area contributed by atoms with E-state index in [1.807, 2.05) is 4.90 Å². The molecule has 0 aromatic rings. The number of carbonyl (C=O) groups excluding carboxylic acids is 2. The highest BCUT2D eigenvalue weighted by Crippen LogP contribution is 2.54. The third-order valence-electron chi connectivity index (χ3n) is 8.50. The van der Waals surface area contributed by atoms with Gasteiger partial charge < -0.3 is 14.6 Å². The number of piperidine rings is 1. The van der Waals surface area contributed by atoms with Crippen molar-refractivity contribution in [2.24, 2.45) is 5.92 Å². The Balaban J connectivity index is 1.63. The number of ketones is 2. The molecule has 1 N–H and O–H groups in total. The number of piperazine rings is 1. The number of aliphatic hydroxyl groups excluding tert-OH is 1. The van der Waals surface area contributed by atoms with Gasteiger partial charge >= 0.3 is 0 Å². The minimum absolute atomic E-state index is 0.00850. The first-order valence-electron chi connectivity index (χ1n) is 10.9. The highest BCUT2D eigenvalue weighted by atomic mass is 16.5. The molecule has 0 aromatic carbocycles.